The van der Waals surface area contributed by atoms with Crippen LogP contribution in [0.25, 0.3) is 0 Å². The van der Waals surface area contributed by atoms with E-state index in [9.17, 15) is 9.59 Å². The van der Waals surface area contributed by atoms with Crippen LogP contribution in [0.4, 0.5) is 10.7 Å². The van der Waals surface area contributed by atoms with Crippen LogP contribution in [0, 0.1) is 0 Å². The number of carbonyl (C=O) groups is 2. The van der Waals surface area contributed by atoms with Gasteiger partial charge in [0.1, 0.15) is 5.00 Å². The Morgan fingerprint density at radius 2 is 1.89 bits per heavy atom. The molecular weight excluding hydrogens is 396 g/mol. The van der Waals surface area contributed by atoms with Crippen molar-refractivity contribution in [1.82, 2.24) is 0 Å². The summed E-state index contributed by atoms with van der Waals surface area (Å²) in [4.78, 5) is 24.5. The maximum Gasteiger partial charge on any atom is 0.341 e. The van der Waals surface area contributed by atoms with Gasteiger partial charge in [-0.05, 0) is 68.1 Å². The number of aliphatic carboxylic acids is 1. The molecule has 0 saturated heterocycles. The van der Waals surface area contributed by atoms with Crippen LogP contribution in [0.2, 0.25) is 0 Å². The van der Waals surface area contributed by atoms with Crippen LogP contribution in [-0.2, 0) is 28.8 Å². The van der Waals surface area contributed by atoms with E-state index in [1.165, 1.54) is 4.88 Å². The SMILES string of the molecule is CCOC(=O)c1c(NC(=S)Nc2ccc(CC(=O)O)cc2)sc2c1CCCC2. The fraction of sp³-hybridized carbons (Fsp3) is 0.350. The van der Waals surface area contributed by atoms with Crippen LogP contribution < -0.4 is 10.6 Å². The summed E-state index contributed by atoms with van der Waals surface area (Å²) in [5, 5.41) is 16.1. The van der Waals surface area contributed by atoms with Gasteiger partial charge in [-0.3, -0.25) is 4.79 Å². The quantitative estimate of drug-likeness (QED) is 0.478. The summed E-state index contributed by atoms with van der Waals surface area (Å²) in [6, 6.07) is 7.04. The van der Waals surface area contributed by atoms with E-state index in [0.29, 0.717) is 27.8 Å². The van der Waals surface area contributed by atoms with Gasteiger partial charge < -0.3 is 20.5 Å². The number of carboxylic acids is 1. The van der Waals surface area contributed by atoms with Crippen molar-refractivity contribution in [3.63, 3.8) is 0 Å². The number of benzene rings is 1. The number of nitrogens with one attached hydrogen (secondary N) is 2. The van der Waals surface area contributed by atoms with Gasteiger partial charge in [0, 0.05) is 10.6 Å². The number of hydrogen-bond donors (Lipinski definition) is 3. The summed E-state index contributed by atoms with van der Waals surface area (Å²) in [5.41, 5.74) is 3.14. The minimum absolute atomic E-state index is 0.0212. The Bertz CT molecular complexity index is 890. The zero-order valence-electron chi connectivity index (χ0n) is 15.5. The molecule has 6 nitrogen and oxygen atoms in total. The first-order valence-electron chi connectivity index (χ1n) is 9.18. The number of thiophene rings is 1. The first-order valence-corrected chi connectivity index (χ1v) is 10.4. The predicted molar refractivity (Wildman–Crippen MR) is 115 cm³/mol. The highest BCUT2D eigenvalue weighted by atomic mass is 32.1. The van der Waals surface area contributed by atoms with Gasteiger partial charge in [-0.15, -0.1) is 11.3 Å². The molecule has 8 heteroatoms. The van der Waals surface area contributed by atoms with Crippen LogP contribution in [0.5, 0.6) is 0 Å². The number of thiocarbonyl (C=S) groups is 1. The zero-order chi connectivity index (χ0) is 20.1. The summed E-state index contributed by atoms with van der Waals surface area (Å²) >= 11 is 6.97. The molecule has 1 aromatic carbocycles. The van der Waals surface area contributed by atoms with Gasteiger partial charge in [0.05, 0.1) is 18.6 Å². The van der Waals surface area contributed by atoms with Crippen molar-refractivity contribution < 1.29 is 19.4 Å². The van der Waals surface area contributed by atoms with Crippen LogP contribution in [-0.4, -0.2) is 28.8 Å². The van der Waals surface area contributed by atoms with E-state index >= 15 is 0 Å². The van der Waals surface area contributed by atoms with Gasteiger partial charge >= 0.3 is 11.9 Å². The van der Waals surface area contributed by atoms with Crippen molar-refractivity contribution in [2.45, 2.75) is 39.0 Å². The lowest BCUT2D eigenvalue weighted by Crippen LogP contribution is -2.20. The van der Waals surface area contributed by atoms with Gasteiger partial charge in [0.25, 0.3) is 0 Å². The van der Waals surface area contributed by atoms with Gasteiger partial charge in [-0.1, -0.05) is 12.1 Å². The summed E-state index contributed by atoms with van der Waals surface area (Å²) in [6.07, 6.45) is 4.03. The third-order valence-electron chi connectivity index (χ3n) is 4.45. The molecule has 0 unspecified atom stereocenters. The van der Waals surface area contributed by atoms with Crippen LogP contribution in [0.15, 0.2) is 24.3 Å². The van der Waals surface area contributed by atoms with Crippen molar-refractivity contribution >= 4 is 51.3 Å². The van der Waals surface area contributed by atoms with Gasteiger partial charge in [0.2, 0.25) is 0 Å². The molecule has 0 atom stereocenters. The lowest BCUT2D eigenvalue weighted by molar-refractivity contribution is -0.136. The van der Waals surface area contributed by atoms with Crippen LogP contribution >= 0.6 is 23.6 Å². The molecule has 1 heterocycles. The van der Waals surface area contributed by atoms with E-state index < -0.39 is 5.97 Å². The summed E-state index contributed by atoms with van der Waals surface area (Å²) in [5.74, 6) is -1.18. The molecule has 0 bridgehead atoms. The molecule has 1 aromatic heterocycles. The Hall–Kier alpha value is -2.45. The molecule has 1 aliphatic rings. The van der Waals surface area contributed by atoms with Crippen molar-refractivity contribution in [2.24, 2.45) is 0 Å². The highest BCUT2D eigenvalue weighted by Gasteiger charge is 2.26. The smallest absolute Gasteiger partial charge is 0.341 e. The lowest BCUT2D eigenvalue weighted by Gasteiger charge is -2.13. The van der Waals surface area contributed by atoms with Crippen molar-refractivity contribution in [3.05, 3.63) is 45.8 Å². The number of aryl methyl sites for hydroxylation is 1. The molecule has 0 fully saturated rings. The Morgan fingerprint density at radius 3 is 2.57 bits per heavy atom. The average Bonchev–Trinajstić information content (AvgIpc) is 3.00. The number of carboxylic acid groups (broad SMARTS) is 1. The molecule has 0 spiro atoms. The second kappa shape index (κ2) is 9.16. The number of ether oxygens (including phenoxy) is 1. The van der Waals surface area contributed by atoms with Gasteiger partial charge in [-0.2, -0.15) is 0 Å². The third-order valence-corrected chi connectivity index (χ3v) is 5.86. The Morgan fingerprint density at radius 1 is 1.18 bits per heavy atom. The number of carbonyl (C=O) groups excluding carboxylic acids is 1. The largest absolute Gasteiger partial charge is 0.481 e. The van der Waals surface area contributed by atoms with E-state index in [-0.39, 0.29) is 12.4 Å². The maximum absolute atomic E-state index is 12.5. The second-order valence-electron chi connectivity index (χ2n) is 6.48. The molecule has 148 valence electrons. The molecule has 28 heavy (non-hydrogen) atoms. The van der Waals surface area contributed by atoms with Crippen LogP contribution in [0.1, 0.15) is 46.1 Å². The van der Waals surface area contributed by atoms with Gasteiger partial charge in [0.15, 0.2) is 5.11 Å². The van der Waals surface area contributed by atoms with E-state index in [0.717, 1.165) is 36.9 Å². The topological polar surface area (TPSA) is 87.7 Å². The molecule has 0 saturated carbocycles. The average molecular weight is 419 g/mol. The minimum Gasteiger partial charge on any atom is -0.481 e. The molecule has 3 rings (SSSR count). The Kier molecular flexibility index (Phi) is 6.64. The van der Waals surface area contributed by atoms with Crippen molar-refractivity contribution in [1.29, 1.82) is 0 Å². The summed E-state index contributed by atoms with van der Waals surface area (Å²) in [6.45, 7) is 2.12. The number of rotatable bonds is 6. The van der Waals surface area contributed by atoms with Crippen LogP contribution in [0.3, 0.4) is 0 Å². The molecule has 3 N–H and O–H groups in total. The zero-order valence-corrected chi connectivity index (χ0v) is 17.2. The molecule has 1 aliphatic carbocycles. The highest BCUT2D eigenvalue weighted by Crippen LogP contribution is 2.38. The van der Waals surface area contributed by atoms with Gasteiger partial charge in [-0.25, -0.2) is 4.79 Å². The normalized spacial score (nSPS) is 12.8. The fourth-order valence-corrected chi connectivity index (χ4v) is 4.79. The molecule has 2 aromatic rings. The first-order chi connectivity index (χ1) is 13.5. The monoisotopic (exact) mass is 418 g/mol. The molecule has 0 radical (unpaired) electrons. The number of fused-ring (bicyclic) bond motifs is 1. The maximum atomic E-state index is 12.5. The van der Waals surface area contributed by atoms with E-state index in [1.807, 2.05) is 0 Å². The van der Waals surface area contributed by atoms with E-state index in [2.05, 4.69) is 10.6 Å². The Balaban J connectivity index is 1.73. The Labute approximate surface area is 172 Å². The van der Waals surface area contributed by atoms with E-state index in [1.54, 1.807) is 42.5 Å². The lowest BCUT2D eigenvalue weighted by atomic mass is 9.95. The number of esters is 1. The number of hydrogen-bond acceptors (Lipinski definition) is 5. The minimum atomic E-state index is -0.869. The van der Waals surface area contributed by atoms with Crippen molar-refractivity contribution in [2.75, 3.05) is 17.2 Å². The first kappa shape index (κ1) is 20.3. The molecular formula is C20H22N2O4S2. The number of anilines is 2. The van der Waals surface area contributed by atoms with E-state index in [4.69, 9.17) is 22.1 Å². The second-order valence-corrected chi connectivity index (χ2v) is 8.00. The summed E-state index contributed by atoms with van der Waals surface area (Å²) in [7, 11) is 0. The summed E-state index contributed by atoms with van der Waals surface area (Å²) < 4.78 is 5.25. The highest BCUT2D eigenvalue weighted by molar-refractivity contribution is 7.80. The standard InChI is InChI=1S/C20H22N2O4S2/c1-2-26-19(25)17-14-5-3-4-6-15(14)28-18(17)22-20(27)21-13-9-7-12(8-10-13)11-16(23)24/h7-10H,2-6,11H2,1H3,(H,23,24)(H2,21,22,27). The predicted octanol–water partition coefficient (Wildman–Crippen LogP) is 4.24. The third kappa shape index (κ3) is 4.88. The molecule has 0 amide bonds. The molecule has 0 aliphatic heterocycles. The van der Waals surface area contributed by atoms with Crippen molar-refractivity contribution in [3.8, 4) is 0 Å². The fourth-order valence-electron chi connectivity index (χ4n) is 3.22.